The molecule has 0 fully saturated rings. The number of aryl methyl sites for hydroxylation is 1. The maximum absolute atomic E-state index is 6.06. The zero-order valence-corrected chi connectivity index (χ0v) is 12.6. The summed E-state index contributed by atoms with van der Waals surface area (Å²) < 4.78 is 11.1. The molecule has 0 bridgehead atoms. The lowest BCUT2D eigenvalue weighted by molar-refractivity contribution is 0.134. The highest BCUT2D eigenvalue weighted by molar-refractivity contribution is 5.37. The van der Waals surface area contributed by atoms with Gasteiger partial charge in [-0.1, -0.05) is 24.6 Å². The van der Waals surface area contributed by atoms with Crippen LogP contribution >= 0.6 is 0 Å². The second-order valence-electron chi connectivity index (χ2n) is 5.19. The van der Waals surface area contributed by atoms with Crippen molar-refractivity contribution in [2.45, 2.75) is 52.2 Å². The minimum atomic E-state index is 0.152. The zero-order valence-electron chi connectivity index (χ0n) is 12.6. The van der Waals surface area contributed by atoms with Gasteiger partial charge in [-0.25, -0.2) is 0 Å². The van der Waals surface area contributed by atoms with Crippen molar-refractivity contribution in [2.75, 3.05) is 13.7 Å². The predicted molar refractivity (Wildman–Crippen MR) is 79.7 cm³/mol. The lowest BCUT2D eigenvalue weighted by Crippen LogP contribution is -2.22. The fourth-order valence-corrected chi connectivity index (χ4v) is 1.97. The van der Waals surface area contributed by atoms with Crippen molar-refractivity contribution >= 4 is 0 Å². The van der Waals surface area contributed by atoms with Crippen LogP contribution in [0.15, 0.2) is 18.2 Å². The standard InChI is InChI=1S/C16H27NO2/c1-5-15(17)11-14-10-12(2)6-7-16(14)19-13(3)8-9-18-4/h6-7,10,13,15H,5,8-9,11,17H2,1-4H3. The fraction of sp³-hybridized carbons (Fsp3) is 0.625. The Labute approximate surface area is 117 Å². The van der Waals surface area contributed by atoms with E-state index in [1.807, 2.05) is 0 Å². The van der Waals surface area contributed by atoms with Gasteiger partial charge in [-0.15, -0.1) is 0 Å². The Morgan fingerprint density at radius 1 is 1.32 bits per heavy atom. The van der Waals surface area contributed by atoms with Gasteiger partial charge >= 0.3 is 0 Å². The maximum atomic E-state index is 6.06. The first-order chi connectivity index (χ1) is 9.06. The van der Waals surface area contributed by atoms with E-state index in [1.54, 1.807) is 7.11 Å². The van der Waals surface area contributed by atoms with E-state index in [-0.39, 0.29) is 12.1 Å². The third kappa shape index (κ3) is 5.62. The van der Waals surface area contributed by atoms with Crippen molar-refractivity contribution in [3.8, 4) is 5.75 Å². The molecular weight excluding hydrogens is 238 g/mol. The van der Waals surface area contributed by atoms with E-state index < -0.39 is 0 Å². The number of rotatable bonds is 8. The van der Waals surface area contributed by atoms with Gasteiger partial charge in [0, 0.05) is 26.2 Å². The fourth-order valence-electron chi connectivity index (χ4n) is 1.97. The highest BCUT2D eigenvalue weighted by Gasteiger charge is 2.11. The molecule has 19 heavy (non-hydrogen) atoms. The molecular formula is C16H27NO2. The van der Waals surface area contributed by atoms with Crippen LogP contribution in [0.3, 0.4) is 0 Å². The molecule has 0 aromatic heterocycles. The van der Waals surface area contributed by atoms with Crippen molar-refractivity contribution in [3.63, 3.8) is 0 Å². The Morgan fingerprint density at radius 2 is 2.05 bits per heavy atom. The van der Waals surface area contributed by atoms with Gasteiger partial charge in [0.1, 0.15) is 5.75 Å². The van der Waals surface area contributed by atoms with Crippen molar-refractivity contribution in [2.24, 2.45) is 5.73 Å². The third-order valence-electron chi connectivity index (χ3n) is 3.28. The summed E-state index contributed by atoms with van der Waals surface area (Å²) >= 11 is 0. The smallest absolute Gasteiger partial charge is 0.122 e. The van der Waals surface area contributed by atoms with Crippen molar-refractivity contribution < 1.29 is 9.47 Å². The molecule has 1 rings (SSSR count). The average molecular weight is 265 g/mol. The summed E-state index contributed by atoms with van der Waals surface area (Å²) in [5, 5.41) is 0. The molecule has 0 aliphatic heterocycles. The normalized spacial score (nSPS) is 14.2. The molecule has 1 aromatic carbocycles. The van der Waals surface area contributed by atoms with Crippen molar-refractivity contribution in [1.29, 1.82) is 0 Å². The molecule has 0 saturated heterocycles. The molecule has 2 N–H and O–H groups in total. The number of methoxy groups -OCH3 is 1. The van der Waals surface area contributed by atoms with E-state index in [0.717, 1.165) is 31.6 Å². The summed E-state index contributed by atoms with van der Waals surface area (Å²) in [6, 6.07) is 6.50. The molecule has 0 amide bonds. The molecule has 3 heteroatoms. The number of benzene rings is 1. The second kappa shape index (κ2) is 8.18. The first-order valence-electron chi connectivity index (χ1n) is 7.07. The van der Waals surface area contributed by atoms with E-state index in [1.165, 1.54) is 11.1 Å². The minimum absolute atomic E-state index is 0.152. The van der Waals surface area contributed by atoms with Gasteiger partial charge in [-0.2, -0.15) is 0 Å². The summed E-state index contributed by atoms with van der Waals surface area (Å²) in [5.74, 6) is 0.957. The van der Waals surface area contributed by atoms with E-state index in [4.69, 9.17) is 15.2 Å². The molecule has 2 unspecified atom stereocenters. The predicted octanol–water partition coefficient (Wildman–Crippen LogP) is 3.08. The summed E-state index contributed by atoms with van der Waals surface area (Å²) in [6.07, 6.45) is 2.89. The first kappa shape index (κ1) is 16.0. The Balaban J connectivity index is 2.75. The van der Waals surface area contributed by atoms with Gasteiger partial charge in [0.2, 0.25) is 0 Å². The zero-order chi connectivity index (χ0) is 14.3. The van der Waals surface area contributed by atoms with E-state index in [0.29, 0.717) is 0 Å². The van der Waals surface area contributed by atoms with Gasteiger partial charge in [0.15, 0.2) is 0 Å². The molecule has 0 aliphatic rings. The molecule has 0 heterocycles. The Morgan fingerprint density at radius 3 is 2.68 bits per heavy atom. The molecule has 0 aliphatic carbocycles. The largest absolute Gasteiger partial charge is 0.490 e. The average Bonchev–Trinajstić information content (AvgIpc) is 2.39. The van der Waals surface area contributed by atoms with Crippen LogP contribution < -0.4 is 10.5 Å². The summed E-state index contributed by atoms with van der Waals surface area (Å²) in [6.45, 7) is 7.00. The highest BCUT2D eigenvalue weighted by Crippen LogP contribution is 2.23. The van der Waals surface area contributed by atoms with Gasteiger partial charge < -0.3 is 15.2 Å². The van der Waals surface area contributed by atoms with Crippen molar-refractivity contribution in [3.05, 3.63) is 29.3 Å². The van der Waals surface area contributed by atoms with Gasteiger partial charge in [-0.3, -0.25) is 0 Å². The molecule has 3 nitrogen and oxygen atoms in total. The molecule has 2 atom stereocenters. The first-order valence-corrected chi connectivity index (χ1v) is 7.07. The van der Waals surface area contributed by atoms with Crippen LogP contribution in [0.25, 0.3) is 0 Å². The monoisotopic (exact) mass is 265 g/mol. The number of nitrogens with two attached hydrogens (primary N) is 1. The minimum Gasteiger partial charge on any atom is -0.490 e. The SMILES string of the molecule is CCC(N)Cc1cc(C)ccc1OC(C)CCOC. The van der Waals surface area contributed by atoms with Crippen LogP contribution in [0.1, 0.15) is 37.8 Å². The molecule has 1 aromatic rings. The Bertz CT molecular complexity index is 379. The number of hydrogen-bond acceptors (Lipinski definition) is 3. The third-order valence-corrected chi connectivity index (χ3v) is 3.28. The topological polar surface area (TPSA) is 44.5 Å². The van der Waals surface area contributed by atoms with E-state index >= 15 is 0 Å². The van der Waals surface area contributed by atoms with Gasteiger partial charge in [0.05, 0.1) is 6.10 Å². The molecule has 0 spiro atoms. The lowest BCUT2D eigenvalue weighted by Gasteiger charge is -2.19. The lowest BCUT2D eigenvalue weighted by atomic mass is 10.0. The Kier molecular flexibility index (Phi) is 6.89. The molecule has 0 saturated carbocycles. The van der Waals surface area contributed by atoms with Crippen LogP contribution in [0, 0.1) is 6.92 Å². The Hall–Kier alpha value is -1.06. The maximum Gasteiger partial charge on any atom is 0.122 e. The van der Waals surface area contributed by atoms with Crippen LogP contribution in [-0.2, 0) is 11.2 Å². The van der Waals surface area contributed by atoms with Gasteiger partial charge in [0.25, 0.3) is 0 Å². The van der Waals surface area contributed by atoms with E-state index in [9.17, 15) is 0 Å². The number of hydrogen-bond donors (Lipinski definition) is 1. The van der Waals surface area contributed by atoms with Gasteiger partial charge in [-0.05, 0) is 38.3 Å². The van der Waals surface area contributed by atoms with Crippen molar-refractivity contribution in [1.82, 2.24) is 0 Å². The quantitative estimate of drug-likeness (QED) is 0.785. The van der Waals surface area contributed by atoms with Crippen LogP contribution in [0.2, 0.25) is 0 Å². The molecule has 108 valence electrons. The second-order valence-corrected chi connectivity index (χ2v) is 5.19. The molecule has 0 radical (unpaired) electrons. The highest BCUT2D eigenvalue weighted by atomic mass is 16.5. The van der Waals surface area contributed by atoms with Crippen LogP contribution in [-0.4, -0.2) is 25.9 Å². The van der Waals surface area contributed by atoms with Crippen LogP contribution in [0.5, 0.6) is 5.75 Å². The summed E-state index contributed by atoms with van der Waals surface area (Å²) in [7, 11) is 1.71. The summed E-state index contributed by atoms with van der Waals surface area (Å²) in [5.41, 5.74) is 8.51. The summed E-state index contributed by atoms with van der Waals surface area (Å²) in [4.78, 5) is 0. The van der Waals surface area contributed by atoms with E-state index in [2.05, 4.69) is 39.0 Å². The number of ether oxygens (including phenoxy) is 2. The van der Waals surface area contributed by atoms with Crippen LogP contribution in [0.4, 0.5) is 0 Å².